The maximum absolute atomic E-state index is 13.0. The number of benzene rings is 1. The van der Waals surface area contributed by atoms with E-state index in [4.69, 9.17) is 28.4 Å². The molecule has 5 N–H and O–H groups in total. The predicted molar refractivity (Wildman–Crippen MR) is 129 cm³/mol. The summed E-state index contributed by atoms with van der Waals surface area (Å²) in [4.78, 5) is 38.0. The lowest BCUT2D eigenvalue weighted by atomic mass is 9.76. The van der Waals surface area contributed by atoms with Crippen molar-refractivity contribution in [2.75, 3.05) is 13.7 Å². The van der Waals surface area contributed by atoms with Gasteiger partial charge in [0.1, 0.15) is 53.6 Å². The van der Waals surface area contributed by atoms with Gasteiger partial charge in [-0.2, -0.15) is 0 Å². The summed E-state index contributed by atoms with van der Waals surface area (Å²) in [6.45, 7) is 1.79. The molecule has 1 aromatic rings. The molecule has 1 aromatic carbocycles. The summed E-state index contributed by atoms with van der Waals surface area (Å²) in [5.74, 6) is -4.15. The number of ether oxygens (including phenoxy) is 6. The predicted octanol–water partition coefficient (Wildman–Crippen LogP) is -1.49. The molecule has 0 unspecified atom stereocenters. The van der Waals surface area contributed by atoms with Crippen molar-refractivity contribution in [3.8, 4) is 0 Å². The summed E-state index contributed by atoms with van der Waals surface area (Å²) in [5.41, 5.74) is -4.43. The highest BCUT2D eigenvalue weighted by Crippen LogP contribution is 2.55. The van der Waals surface area contributed by atoms with Crippen molar-refractivity contribution in [1.82, 2.24) is 0 Å². The molecule has 40 heavy (non-hydrogen) atoms. The van der Waals surface area contributed by atoms with Crippen LogP contribution in [-0.2, 0) is 38.0 Å². The molecule has 1 aliphatic carbocycles. The van der Waals surface area contributed by atoms with Gasteiger partial charge >= 0.3 is 17.9 Å². The van der Waals surface area contributed by atoms with Gasteiger partial charge in [0.05, 0.1) is 25.2 Å². The van der Waals surface area contributed by atoms with Gasteiger partial charge in [0.25, 0.3) is 0 Å². The van der Waals surface area contributed by atoms with Crippen LogP contribution >= 0.6 is 0 Å². The second-order valence-electron chi connectivity index (χ2n) is 10.0. The summed E-state index contributed by atoms with van der Waals surface area (Å²) >= 11 is 0. The van der Waals surface area contributed by atoms with E-state index in [1.807, 2.05) is 0 Å². The van der Waals surface area contributed by atoms with E-state index in [2.05, 4.69) is 0 Å². The molecule has 2 aliphatic heterocycles. The van der Waals surface area contributed by atoms with E-state index >= 15 is 0 Å². The molecule has 2 heterocycles. The maximum Gasteiger partial charge on any atom is 0.339 e. The largest absolute Gasteiger partial charge is 0.471 e. The number of esters is 3. The third-order valence-corrected chi connectivity index (χ3v) is 7.39. The topological polar surface area (TPSA) is 208 Å². The van der Waals surface area contributed by atoms with Crippen molar-refractivity contribution in [3.63, 3.8) is 0 Å². The first-order valence-electron chi connectivity index (χ1n) is 12.5. The van der Waals surface area contributed by atoms with Gasteiger partial charge < -0.3 is 54.0 Å². The third kappa shape index (κ3) is 5.19. The van der Waals surface area contributed by atoms with Crippen LogP contribution in [0.4, 0.5) is 0 Å². The van der Waals surface area contributed by atoms with E-state index in [9.17, 15) is 39.9 Å². The second kappa shape index (κ2) is 11.4. The monoisotopic (exact) mass is 568 g/mol. The Balaban J connectivity index is 1.75. The van der Waals surface area contributed by atoms with E-state index in [-0.39, 0.29) is 12.0 Å². The molecule has 220 valence electrons. The SMILES string of the molecule is COC(=O)C1=CO[C@@H](O[C@@H]2O[C@H](CO)[C@@H](O)[C@H](O)[C@H]2O)[C@H]2[C@]1(O)[C@H](OC(=O)c1ccccc1)C[C@]2(C)OC(C)=O. The lowest BCUT2D eigenvalue weighted by molar-refractivity contribution is -0.352. The fraction of sp³-hybridized carbons (Fsp3) is 0.577. The average Bonchev–Trinajstić information content (AvgIpc) is 3.14. The van der Waals surface area contributed by atoms with E-state index < -0.39 is 90.3 Å². The highest BCUT2D eigenvalue weighted by atomic mass is 16.8. The van der Waals surface area contributed by atoms with Crippen LogP contribution in [0.3, 0.4) is 0 Å². The normalized spacial score (nSPS) is 38.9. The van der Waals surface area contributed by atoms with Crippen LogP contribution in [-0.4, -0.2) is 111 Å². The first-order chi connectivity index (χ1) is 18.9. The Labute approximate surface area is 228 Å². The molecule has 1 saturated carbocycles. The van der Waals surface area contributed by atoms with Crippen LogP contribution < -0.4 is 0 Å². The molecule has 2 fully saturated rings. The van der Waals surface area contributed by atoms with Crippen molar-refractivity contribution in [2.24, 2.45) is 5.92 Å². The molecular weight excluding hydrogens is 536 g/mol. The smallest absolute Gasteiger partial charge is 0.339 e. The molecule has 4 rings (SSSR count). The molecule has 0 aromatic heterocycles. The average molecular weight is 569 g/mol. The van der Waals surface area contributed by atoms with Gasteiger partial charge in [-0.3, -0.25) is 4.79 Å². The molecular formula is C26H32O14. The molecule has 0 amide bonds. The fourth-order valence-corrected chi connectivity index (χ4v) is 5.54. The number of carbonyl (C=O) groups is 3. The molecule has 0 spiro atoms. The van der Waals surface area contributed by atoms with Crippen LogP contribution in [0.15, 0.2) is 42.2 Å². The summed E-state index contributed by atoms with van der Waals surface area (Å²) < 4.78 is 32.9. The highest BCUT2D eigenvalue weighted by molar-refractivity contribution is 5.92. The van der Waals surface area contributed by atoms with Crippen LogP contribution in [0, 0.1) is 5.92 Å². The van der Waals surface area contributed by atoms with Crippen LogP contribution in [0.25, 0.3) is 0 Å². The quantitative estimate of drug-likeness (QED) is 0.188. The number of aliphatic hydroxyl groups excluding tert-OH is 4. The number of hydrogen-bond acceptors (Lipinski definition) is 14. The zero-order valence-corrected chi connectivity index (χ0v) is 21.9. The van der Waals surface area contributed by atoms with Crippen LogP contribution in [0.2, 0.25) is 0 Å². The molecule has 0 bridgehead atoms. The van der Waals surface area contributed by atoms with Gasteiger partial charge in [-0.05, 0) is 19.1 Å². The number of aliphatic hydroxyl groups is 5. The Morgan fingerprint density at radius 1 is 1.02 bits per heavy atom. The molecule has 3 aliphatic rings. The molecule has 14 heteroatoms. The minimum atomic E-state index is -2.42. The first-order valence-corrected chi connectivity index (χ1v) is 12.5. The van der Waals surface area contributed by atoms with Gasteiger partial charge in [-0.15, -0.1) is 0 Å². The van der Waals surface area contributed by atoms with E-state index in [1.54, 1.807) is 18.2 Å². The summed E-state index contributed by atoms with van der Waals surface area (Å²) in [6.07, 6.45) is -11.0. The van der Waals surface area contributed by atoms with Gasteiger partial charge in [-0.25, -0.2) is 9.59 Å². The van der Waals surface area contributed by atoms with E-state index in [0.29, 0.717) is 0 Å². The van der Waals surface area contributed by atoms with Crippen molar-refractivity contribution < 1.29 is 68.3 Å². The van der Waals surface area contributed by atoms with Gasteiger partial charge in [-0.1, -0.05) is 18.2 Å². The minimum absolute atomic E-state index is 0.147. The van der Waals surface area contributed by atoms with Crippen molar-refractivity contribution in [3.05, 3.63) is 47.7 Å². The first kappa shape index (κ1) is 29.9. The van der Waals surface area contributed by atoms with E-state index in [1.165, 1.54) is 19.1 Å². The number of rotatable bonds is 7. The lowest BCUT2D eigenvalue weighted by Crippen LogP contribution is -2.63. The van der Waals surface area contributed by atoms with Crippen LogP contribution in [0.1, 0.15) is 30.6 Å². The Morgan fingerprint density at radius 2 is 1.70 bits per heavy atom. The Bertz CT molecular complexity index is 1140. The Morgan fingerprint density at radius 3 is 2.30 bits per heavy atom. The molecule has 0 radical (unpaired) electrons. The fourth-order valence-electron chi connectivity index (χ4n) is 5.54. The second-order valence-corrected chi connectivity index (χ2v) is 10.0. The summed E-state index contributed by atoms with van der Waals surface area (Å²) in [7, 11) is 1.06. The molecule has 10 atom stereocenters. The molecule has 1 saturated heterocycles. The highest BCUT2D eigenvalue weighted by Gasteiger charge is 2.71. The number of fused-ring (bicyclic) bond motifs is 1. The van der Waals surface area contributed by atoms with Gasteiger partial charge in [0.2, 0.25) is 6.29 Å². The van der Waals surface area contributed by atoms with Crippen molar-refractivity contribution in [1.29, 1.82) is 0 Å². The number of carbonyl (C=O) groups excluding carboxylic acids is 3. The maximum atomic E-state index is 13.0. The zero-order valence-electron chi connectivity index (χ0n) is 21.9. The lowest BCUT2D eigenvalue weighted by Gasteiger charge is -2.47. The van der Waals surface area contributed by atoms with Crippen molar-refractivity contribution in [2.45, 2.75) is 74.6 Å². The Kier molecular flexibility index (Phi) is 8.52. The van der Waals surface area contributed by atoms with Crippen molar-refractivity contribution >= 4 is 17.9 Å². The zero-order chi connectivity index (χ0) is 29.4. The number of methoxy groups -OCH3 is 1. The van der Waals surface area contributed by atoms with Gasteiger partial charge in [0.15, 0.2) is 6.29 Å². The number of hydrogen-bond donors (Lipinski definition) is 5. The standard InChI is InChI=1S/C26H32O14/c1-12(28)40-25(2)9-16(38-21(32)13-7-5-4-6-8-13)26(34)14(22(33)35-3)11-36-24(20(25)26)39-23-19(31)18(30)17(29)15(10-27)37-23/h4-8,11,15-20,23-24,27,29-31,34H,9-10H2,1-3H3/t15-,16-,17-,18+,19-,20-,23+,24+,25+,26-/m1/s1. The Hall–Kier alpha value is -3.11. The van der Waals surface area contributed by atoms with Crippen LogP contribution in [0.5, 0.6) is 0 Å². The summed E-state index contributed by atoms with van der Waals surface area (Å²) in [6, 6.07) is 7.85. The molecule has 14 nitrogen and oxygen atoms in total. The third-order valence-electron chi connectivity index (χ3n) is 7.39. The van der Waals surface area contributed by atoms with Gasteiger partial charge in [0, 0.05) is 13.3 Å². The summed E-state index contributed by atoms with van der Waals surface area (Å²) in [5, 5.41) is 52.5. The minimum Gasteiger partial charge on any atom is -0.471 e. The van der Waals surface area contributed by atoms with E-state index in [0.717, 1.165) is 20.3 Å².